The van der Waals surface area contributed by atoms with Crippen molar-refractivity contribution in [2.45, 2.75) is 26.3 Å². The molecule has 4 N–H and O–H groups in total. The Morgan fingerprint density at radius 3 is 2.69 bits per heavy atom. The lowest BCUT2D eigenvalue weighted by Crippen LogP contribution is -3.10. The number of hydrogen-bond acceptors (Lipinski definition) is 5. The van der Waals surface area contributed by atoms with E-state index in [0.717, 1.165) is 4.90 Å². The van der Waals surface area contributed by atoms with Crippen LogP contribution in [-0.4, -0.2) is 57.8 Å². The Bertz CT molecular complexity index is 793. The summed E-state index contributed by atoms with van der Waals surface area (Å²) in [5.74, 6) is -0.00687. The molecule has 3 amide bonds. The van der Waals surface area contributed by atoms with Gasteiger partial charge in [0.1, 0.15) is 12.3 Å². The third kappa shape index (κ3) is 6.21. The molecule has 1 aromatic rings. The van der Waals surface area contributed by atoms with Crippen LogP contribution in [0, 0.1) is 0 Å². The summed E-state index contributed by atoms with van der Waals surface area (Å²) in [7, 11) is 3.38. The molecule has 0 aliphatic carbocycles. The fraction of sp³-hybridized carbons (Fsp3) is 0.450. The molecule has 0 saturated heterocycles. The first kappa shape index (κ1) is 22.2. The maximum atomic E-state index is 12.4. The zero-order chi connectivity index (χ0) is 21.4. The summed E-state index contributed by atoms with van der Waals surface area (Å²) >= 11 is 0. The minimum absolute atomic E-state index is 0.150. The molecule has 0 saturated carbocycles. The van der Waals surface area contributed by atoms with Crippen LogP contribution < -0.4 is 25.6 Å². The Morgan fingerprint density at radius 2 is 2.03 bits per heavy atom. The van der Waals surface area contributed by atoms with Crippen molar-refractivity contribution in [3.63, 3.8) is 0 Å². The zero-order valence-corrected chi connectivity index (χ0v) is 17.3. The number of ether oxygens (including phenoxy) is 2. The number of anilines is 1. The molecule has 0 fully saturated rings. The van der Waals surface area contributed by atoms with Gasteiger partial charge >= 0.3 is 12.0 Å². The van der Waals surface area contributed by atoms with Crippen LogP contribution in [0.1, 0.15) is 20.3 Å². The van der Waals surface area contributed by atoms with Gasteiger partial charge in [0.05, 0.1) is 38.1 Å². The average molecular weight is 405 g/mol. The monoisotopic (exact) mass is 405 g/mol. The van der Waals surface area contributed by atoms with Gasteiger partial charge in [-0.1, -0.05) is 13.0 Å². The average Bonchev–Trinajstić information content (AvgIpc) is 2.67. The lowest BCUT2D eigenvalue weighted by Gasteiger charge is -2.29. The van der Waals surface area contributed by atoms with E-state index in [0.29, 0.717) is 35.7 Å². The third-order valence-corrected chi connectivity index (χ3v) is 4.44. The van der Waals surface area contributed by atoms with Crippen molar-refractivity contribution >= 4 is 23.6 Å². The highest BCUT2D eigenvalue weighted by molar-refractivity contribution is 5.95. The number of nitrogens with one attached hydrogen (secondary N) is 4. The number of carbonyl (C=O) groups excluding carboxylic acids is 3. The molecule has 2 rings (SSSR count). The Balaban J connectivity index is 2.08. The van der Waals surface area contributed by atoms with Crippen LogP contribution in [0.15, 0.2) is 35.5 Å². The van der Waals surface area contributed by atoms with Crippen molar-refractivity contribution in [1.29, 1.82) is 0 Å². The summed E-state index contributed by atoms with van der Waals surface area (Å²) in [5.41, 5.74) is 1.52. The van der Waals surface area contributed by atoms with Gasteiger partial charge in [0, 0.05) is 11.8 Å². The SMILES string of the molecule is CCOC(=O)C1=C(C[NH+](C)CC(=O)Nc2cccc(OC)c2)NC(=O)N[C@@H]1CC. The molecule has 0 spiro atoms. The second-order valence-electron chi connectivity index (χ2n) is 6.76. The summed E-state index contributed by atoms with van der Waals surface area (Å²) in [6.45, 7) is 4.30. The van der Waals surface area contributed by atoms with Crippen LogP contribution in [0.3, 0.4) is 0 Å². The van der Waals surface area contributed by atoms with Gasteiger partial charge in [-0.15, -0.1) is 0 Å². The number of urea groups is 1. The quantitative estimate of drug-likeness (QED) is 0.434. The molecule has 0 bridgehead atoms. The van der Waals surface area contributed by atoms with Crippen LogP contribution in [0.2, 0.25) is 0 Å². The Labute approximate surface area is 170 Å². The lowest BCUT2D eigenvalue weighted by molar-refractivity contribution is -0.866. The first-order valence-electron chi connectivity index (χ1n) is 9.60. The number of esters is 1. The summed E-state index contributed by atoms with van der Waals surface area (Å²) in [6.07, 6.45) is 0.556. The van der Waals surface area contributed by atoms with Crippen LogP contribution >= 0.6 is 0 Å². The molecule has 9 heteroatoms. The van der Waals surface area contributed by atoms with E-state index in [1.165, 1.54) is 0 Å². The predicted octanol–water partition coefficient (Wildman–Crippen LogP) is 0.0570. The van der Waals surface area contributed by atoms with Crippen LogP contribution in [0.4, 0.5) is 10.5 Å². The van der Waals surface area contributed by atoms with Crippen molar-refractivity contribution in [2.75, 3.05) is 39.2 Å². The standard InChI is InChI=1S/C20H28N4O5/c1-5-15-18(19(26)29-6-2)16(23-20(27)22-15)11-24(3)12-17(25)21-13-8-7-9-14(10-13)28-4/h7-10,15H,5-6,11-12H2,1-4H3,(H,21,25)(H2,22,23,27)/p+1/t15-/m1/s1. The first-order chi connectivity index (χ1) is 13.9. The molecule has 29 heavy (non-hydrogen) atoms. The molecule has 0 aromatic heterocycles. The van der Waals surface area contributed by atoms with Gasteiger partial charge in [-0.3, -0.25) is 4.79 Å². The highest BCUT2D eigenvalue weighted by Gasteiger charge is 2.33. The van der Waals surface area contributed by atoms with Crippen LogP contribution in [0.25, 0.3) is 0 Å². The molecule has 158 valence electrons. The number of hydrogen-bond donors (Lipinski definition) is 4. The Hall–Kier alpha value is -3.07. The van der Waals surface area contributed by atoms with Gasteiger partial charge in [0.15, 0.2) is 6.54 Å². The summed E-state index contributed by atoms with van der Waals surface area (Å²) < 4.78 is 10.3. The number of carbonyl (C=O) groups is 3. The van der Waals surface area contributed by atoms with Crippen molar-refractivity contribution in [2.24, 2.45) is 0 Å². The smallest absolute Gasteiger partial charge is 0.338 e. The molecule has 1 aliphatic rings. The third-order valence-electron chi connectivity index (χ3n) is 4.44. The first-order valence-corrected chi connectivity index (χ1v) is 9.60. The molecule has 9 nitrogen and oxygen atoms in total. The number of quaternary nitrogens is 1. The van der Waals surface area contributed by atoms with Gasteiger partial charge in [0.2, 0.25) is 0 Å². The van der Waals surface area contributed by atoms with Crippen molar-refractivity contribution in [3.8, 4) is 5.75 Å². The van der Waals surface area contributed by atoms with E-state index in [4.69, 9.17) is 9.47 Å². The maximum absolute atomic E-state index is 12.4. The largest absolute Gasteiger partial charge is 0.497 e. The molecular weight excluding hydrogens is 376 g/mol. The van der Waals surface area contributed by atoms with Crippen molar-refractivity contribution in [3.05, 3.63) is 35.5 Å². The van der Waals surface area contributed by atoms with E-state index in [1.807, 2.05) is 14.0 Å². The number of benzene rings is 1. The van der Waals surface area contributed by atoms with E-state index in [9.17, 15) is 14.4 Å². The van der Waals surface area contributed by atoms with E-state index >= 15 is 0 Å². The number of methoxy groups -OCH3 is 1. The van der Waals surface area contributed by atoms with Crippen molar-refractivity contribution < 1.29 is 28.8 Å². The van der Waals surface area contributed by atoms with E-state index in [1.54, 1.807) is 38.3 Å². The second-order valence-corrected chi connectivity index (χ2v) is 6.76. The second kappa shape index (κ2) is 10.5. The van der Waals surface area contributed by atoms with E-state index in [-0.39, 0.29) is 25.1 Å². The minimum atomic E-state index is -0.463. The molecule has 0 radical (unpaired) electrons. The summed E-state index contributed by atoms with van der Waals surface area (Å²) in [5, 5.41) is 8.25. The molecule has 2 atom stereocenters. The Kier molecular flexibility index (Phi) is 8.02. The lowest BCUT2D eigenvalue weighted by atomic mass is 10.00. The number of rotatable bonds is 9. The summed E-state index contributed by atoms with van der Waals surface area (Å²) in [6, 6.07) is 6.30. The van der Waals surface area contributed by atoms with Gasteiger partial charge in [-0.25, -0.2) is 9.59 Å². The molecule has 1 aliphatic heterocycles. The normalized spacial score (nSPS) is 17.1. The van der Waals surface area contributed by atoms with Crippen LogP contribution in [-0.2, 0) is 14.3 Å². The molecular formula is C20H29N4O5+. The van der Waals surface area contributed by atoms with E-state index in [2.05, 4.69) is 16.0 Å². The molecule has 1 aromatic carbocycles. The van der Waals surface area contributed by atoms with Crippen molar-refractivity contribution in [1.82, 2.24) is 10.6 Å². The predicted molar refractivity (Wildman–Crippen MR) is 108 cm³/mol. The van der Waals surface area contributed by atoms with E-state index < -0.39 is 12.0 Å². The Morgan fingerprint density at radius 1 is 1.28 bits per heavy atom. The van der Waals surface area contributed by atoms with Gasteiger partial charge in [-0.05, 0) is 25.5 Å². The number of likely N-dealkylation sites (N-methyl/N-ethyl adjacent to an activating group) is 1. The summed E-state index contributed by atoms with van der Waals surface area (Å²) in [4.78, 5) is 37.6. The molecule has 1 unspecified atom stereocenters. The minimum Gasteiger partial charge on any atom is -0.497 e. The topological polar surface area (TPSA) is 110 Å². The highest BCUT2D eigenvalue weighted by atomic mass is 16.5. The fourth-order valence-corrected chi connectivity index (χ4v) is 3.15. The van der Waals surface area contributed by atoms with Crippen LogP contribution in [0.5, 0.6) is 5.75 Å². The highest BCUT2D eigenvalue weighted by Crippen LogP contribution is 2.17. The number of amides is 3. The fourth-order valence-electron chi connectivity index (χ4n) is 3.15. The van der Waals surface area contributed by atoms with Gasteiger partial charge in [0.25, 0.3) is 5.91 Å². The van der Waals surface area contributed by atoms with Gasteiger partial charge < -0.3 is 30.3 Å². The zero-order valence-electron chi connectivity index (χ0n) is 17.3. The molecule has 1 heterocycles. The maximum Gasteiger partial charge on any atom is 0.338 e. The van der Waals surface area contributed by atoms with Gasteiger partial charge in [-0.2, -0.15) is 0 Å².